The van der Waals surface area contributed by atoms with Crippen LogP contribution >= 0.6 is 0 Å². The highest BCUT2D eigenvalue weighted by Gasteiger charge is 2.35. The van der Waals surface area contributed by atoms with E-state index in [2.05, 4.69) is 73.3 Å². The fourth-order valence-electron chi connectivity index (χ4n) is 11.5. The SMILES string of the molecule is CC(=O)CCC(CCC(C)=O)(CCC(C)=O)NC(=O)c1ccc(N)c(NC(N)=O)c1.CCc1c(CC)c(CNC(=O)Nc2cc(C(=O)NCCOCCOCCN=[N+]=[N-])ccc2N)c(CC)c(CNC(=O)Nc2cc(C(=O)NC(CCC(C)=O)(CCC(C)=O)CCC(C)=O)ccc2N)c1CC. The number of nitrogens with one attached hydrogen (secondary N) is 8. The molecule has 0 aromatic heterocycles. The van der Waals surface area contributed by atoms with Crippen LogP contribution in [0.2, 0.25) is 0 Å². The summed E-state index contributed by atoms with van der Waals surface area (Å²) in [5, 5.41) is 26.0. The highest BCUT2D eigenvalue weighted by Crippen LogP contribution is 2.34. The lowest BCUT2D eigenvalue weighted by Crippen LogP contribution is -2.49. The quantitative estimate of drug-likeness (QED) is 0.00644. The number of Topliss-reactive ketones (excluding diaryl/α,β-unsaturated/α-hetero) is 6. The molecule has 101 heavy (non-hydrogen) atoms. The summed E-state index contributed by atoms with van der Waals surface area (Å²) in [5.41, 5.74) is 38.1. The van der Waals surface area contributed by atoms with Crippen LogP contribution in [-0.2, 0) is 77.0 Å². The van der Waals surface area contributed by atoms with Crippen LogP contribution in [0.5, 0.6) is 0 Å². The van der Waals surface area contributed by atoms with Crippen LogP contribution in [0.4, 0.5) is 48.5 Å². The Kier molecular flexibility index (Phi) is 36.4. The number of anilines is 6. The van der Waals surface area contributed by atoms with Crippen LogP contribution in [-0.4, -0.2) is 121 Å². The molecule has 550 valence electrons. The Morgan fingerprint density at radius 1 is 0.426 bits per heavy atom. The first-order valence-corrected chi connectivity index (χ1v) is 33.9. The first-order valence-electron chi connectivity index (χ1n) is 33.9. The van der Waals surface area contributed by atoms with Crippen LogP contribution < -0.4 is 65.5 Å². The summed E-state index contributed by atoms with van der Waals surface area (Å²) >= 11 is 0. The van der Waals surface area contributed by atoms with E-state index in [9.17, 15) is 57.5 Å². The highest BCUT2D eigenvalue weighted by molar-refractivity contribution is 6.02. The van der Waals surface area contributed by atoms with E-state index in [0.29, 0.717) is 58.2 Å². The molecule has 0 radical (unpaired) electrons. The molecule has 0 fully saturated rings. The molecule has 0 unspecified atom stereocenters. The maximum Gasteiger partial charge on any atom is 0.319 e. The molecular formula is C72H103N15O14. The number of hydrogen-bond acceptors (Lipinski definition) is 18. The fourth-order valence-corrected chi connectivity index (χ4v) is 11.5. The number of azide groups is 1. The predicted molar refractivity (Wildman–Crippen MR) is 389 cm³/mol. The van der Waals surface area contributed by atoms with E-state index in [1.165, 1.54) is 90.1 Å². The molecule has 0 aliphatic heterocycles. The molecule has 4 aromatic rings. The third-order valence-corrected chi connectivity index (χ3v) is 16.9. The normalized spacial score (nSPS) is 11.0. The lowest BCUT2D eigenvalue weighted by atomic mass is 9.81. The zero-order chi connectivity index (χ0) is 75.4. The Balaban J connectivity index is 0.000000735. The second kappa shape index (κ2) is 43.3. The first kappa shape index (κ1) is 85.0. The molecule has 0 atom stereocenters. The van der Waals surface area contributed by atoms with Crippen molar-refractivity contribution >= 4 is 105 Å². The second-order valence-electron chi connectivity index (χ2n) is 24.9. The monoisotopic (exact) mass is 1400 g/mol. The molecule has 0 saturated heterocycles. The Labute approximate surface area is 590 Å². The number of nitrogens with zero attached hydrogens (tertiary/aromatic N) is 3. The van der Waals surface area contributed by atoms with Crippen molar-refractivity contribution in [2.75, 3.05) is 72.7 Å². The highest BCUT2D eigenvalue weighted by atomic mass is 16.5. The number of ketones is 6. The summed E-state index contributed by atoms with van der Waals surface area (Å²) in [6, 6.07) is 11.5. The Morgan fingerprint density at radius 3 is 1.05 bits per heavy atom. The summed E-state index contributed by atoms with van der Waals surface area (Å²) in [4.78, 5) is 152. The van der Waals surface area contributed by atoms with Crippen LogP contribution in [0.3, 0.4) is 0 Å². The van der Waals surface area contributed by atoms with Gasteiger partial charge >= 0.3 is 18.1 Å². The molecule has 0 aliphatic rings. The smallest absolute Gasteiger partial charge is 0.319 e. The van der Waals surface area contributed by atoms with E-state index >= 15 is 0 Å². The van der Waals surface area contributed by atoms with Gasteiger partial charge in [-0.05, 0) is 199 Å². The number of carbonyl (C=O) groups is 12. The van der Waals surface area contributed by atoms with Gasteiger partial charge in [-0.15, -0.1) is 0 Å². The molecule has 29 nitrogen and oxygen atoms in total. The van der Waals surface area contributed by atoms with Crippen molar-refractivity contribution < 1.29 is 67.0 Å². The van der Waals surface area contributed by atoms with Gasteiger partial charge in [-0.25, -0.2) is 14.4 Å². The van der Waals surface area contributed by atoms with Crippen molar-refractivity contribution in [2.45, 2.75) is 196 Å². The van der Waals surface area contributed by atoms with E-state index in [1.807, 2.05) is 6.92 Å². The summed E-state index contributed by atoms with van der Waals surface area (Å²) in [5.74, 6) is -1.80. The van der Waals surface area contributed by atoms with Gasteiger partial charge < -0.3 is 104 Å². The van der Waals surface area contributed by atoms with Crippen molar-refractivity contribution in [1.29, 1.82) is 0 Å². The maximum atomic E-state index is 13.9. The van der Waals surface area contributed by atoms with Crippen molar-refractivity contribution in [3.63, 3.8) is 0 Å². The van der Waals surface area contributed by atoms with Gasteiger partial charge in [0.05, 0.1) is 60.6 Å². The van der Waals surface area contributed by atoms with Gasteiger partial charge in [0, 0.05) is 97.4 Å². The molecule has 0 bridgehead atoms. The molecule has 29 heteroatoms. The molecule has 9 amide bonds. The minimum atomic E-state index is -1.00. The van der Waals surface area contributed by atoms with Gasteiger partial charge in [0.15, 0.2) is 0 Å². The van der Waals surface area contributed by atoms with E-state index in [-0.39, 0.29) is 189 Å². The van der Waals surface area contributed by atoms with Crippen molar-refractivity contribution in [1.82, 2.24) is 26.6 Å². The predicted octanol–water partition coefficient (Wildman–Crippen LogP) is 9.73. The Bertz CT molecular complexity index is 3570. The second-order valence-corrected chi connectivity index (χ2v) is 24.9. The molecule has 0 spiro atoms. The van der Waals surface area contributed by atoms with Gasteiger partial charge in [-0.2, -0.15) is 0 Å². The van der Waals surface area contributed by atoms with Gasteiger partial charge in [-0.1, -0.05) is 32.8 Å². The topological polar surface area (TPSA) is 472 Å². The lowest BCUT2D eigenvalue weighted by Gasteiger charge is -2.35. The van der Waals surface area contributed by atoms with Crippen LogP contribution in [0.25, 0.3) is 10.4 Å². The molecule has 0 saturated carbocycles. The van der Waals surface area contributed by atoms with Crippen molar-refractivity contribution in [3.8, 4) is 0 Å². The lowest BCUT2D eigenvalue weighted by molar-refractivity contribution is -0.119. The van der Waals surface area contributed by atoms with E-state index in [1.54, 1.807) is 6.07 Å². The molecule has 4 rings (SSSR count). The molecule has 4 aromatic carbocycles. The van der Waals surface area contributed by atoms with Crippen molar-refractivity contribution in [3.05, 3.63) is 115 Å². The number of benzene rings is 4. The average Bonchev–Trinajstić information content (AvgIpc) is 0.774. The minimum absolute atomic E-state index is 0.0558. The maximum absolute atomic E-state index is 13.9. The minimum Gasteiger partial charge on any atom is -0.397 e. The number of nitrogens with two attached hydrogens (primary N) is 4. The summed E-state index contributed by atoms with van der Waals surface area (Å²) in [6.07, 6.45) is 5.38. The Morgan fingerprint density at radius 2 is 0.733 bits per heavy atom. The molecule has 0 heterocycles. The van der Waals surface area contributed by atoms with Crippen LogP contribution in [0, 0.1) is 0 Å². The molecule has 16 N–H and O–H groups in total. The number of rotatable bonds is 43. The number of urea groups is 3. The number of amides is 9. The van der Waals surface area contributed by atoms with E-state index in [0.717, 1.165) is 33.4 Å². The average molecular weight is 1400 g/mol. The third-order valence-electron chi connectivity index (χ3n) is 16.9. The summed E-state index contributed by atoms with van der Waals surface area (Å²) in [6.45, 7) is 18.8. The van der Waals surface area contributed by atoms with E-state index < -0.39 is 41.0 Å². The largest absolute Gasteiger partial charge is 0.397 e. The van der Waals surface area contributed by atoms with Crippen LogP contribution in [0.15, 0.2) is 59.7 Å². The van der Waals surface area contributed by atoms with Gasteiger partial charge in [0.2, 0.25) is 0 Å². The summed E-state index contributed by atoms with van der Waals surface area (Å²) in [7, 11) is 0. The summed E-state index contributed by atoms with van der Waals surface area (Å²) < 4.78 is 10.8. The standard InChI is InChI=1S/C51H73N11O9.C21H30N4O5/c1-8-37-38(9-2)41(30-56-49(68)59-45-28-35(12-14-43(45)52)47(66)55-22-24-70-26-27-71-25-23-58-62-54)40(11-4)42(39(37)10-3)31-57-50(69)60-46-29-36(13-15-44(46)53)48(67)61-51(19-16-32(5)63,20-17-33(6)64)21-18-34(7)65;1-13(26)6-9-21(10-7-14(2)27,11-8-15(3)28)25-19(29)16-4-5-17(22)18(12-16)24-20(23)30/h12-15,28-29H,8-11,16-27,30-31,52-53H2,1-7H3,(H,55,66)(H,61,67)(H2,56,59,68)(H2,57,60,69);4-5,12H,6-11,22H2,1-3H3,(H,25,29)(H3,23,24,30). The van der Waals surface area contributed by atoms with Gasteiger partial charge in [0.25, 0.3) is 17.7 Å². The number of hydrogen-bond donors (Lipinski definition) is 12. The number of primary amides is 1. The Hall–Kier alpha value is -10.3. The van der Waals surface area contributed by atoms with Gasteiger partial charge in [-0.3, -0.25) is 14.4 Å². The van der Waals surface area contributed by atoms with Crippen LogP contribution in [0.1, 0.15) is 211 Å². The van der Waals surface area contributed by atoms with E-state index in [4.69, 9.17) is 37.9 Å². The fraction of sp³-hybridized carbons (Fsp3) is 0.500. The van der Waals surface area contributed by atoms with Crippen molar-refractivity contribution in [2.24, 2.45) is 10.8 Å². The molecule has 0 aliphatic carbocycles. The van der Waals surface area contributed by atoms with Gasteiger partial charge in [0.1, 0.15) is 34.7 Å². The number of ether oxygens (including phenoxy) is 2. The first-order chi connectivity index (χ1) is 47.9. The number of carbonyl (C=O) groups excluding carboxylic acids is 12. The third kappa shape index (κ3) is 29.6. The zero-order valence-electron chi connectivity index (χ0n) is 60.0. The zero-order valence-corrected chi connectivity index (χ0v) is 60.0. The molecular weight excluding hydrogens is 1300 g/mol. The number of nitrogen functional groups attached to an aromatic ring is 3.